The van der Waals surface area contributed by atoms with E-state index in [2.05, 4.69) is 10.3 Å². The lowest BCUT2D eigenvalue weighted by Crippen LogP contribution is -2.06. The van der Waals surface area contributed by atoms with E-state index in [0.717, 1.165) is 11.0 Å². The summed E-state index contributed by atoms with van der Waals surface area (Å²) in [5, 5.41) is 7.64. The largest absolute Gasteiger partial charge is 0.398 e. The van der Waals surface area contributed by atoms with Gasteiger partial charge in [0, 0.05) is 0 Å². The lowest BCUT2D eigenvalue weighted by Gasteiger charge is -1.95. The van der Waals surface area contributed by atoms with Gasteiger partial charge in [0.2, 0.25) is 0 Å². The monoisotopic (exact) mass is 165 g/mol. The Morgan fingerprint density at radius 3 is 2.83 bits per heavy atom. The van der Waals surface area contributed by atoms with Crippen LogP contribution in [0.5, 0.6) is 0 Å². The highest BCUT2D eigenvalue weighted by Crippen LogP contribution is 2.07. The van der Waals surface area contributed by atoms with E-state index in [1.165, 1.54) is 4.85 Å². The molecule has 1 heterocycles. The highest BCUT2D eigenvalue weighted by molar-refractivity contribution is 5.73. The second-order valence-corrected chi connectivity index (χ2v) is 2.13. The van der Waals surface area contributed by atoms with Crippen molar-refractivity contribution in [3.63, 3.8) is 0 Å². The van der Waals surface area contributed by atoms with Gasteiger partial charge in [-0.25, -0.2) is 0 Å². The van der Waals surface area contributed by atoms with Crippen molar-refractivity contribution in [1.82, 2.24) is 15.2 Å². The van der Waals surface area contributed by atoms with Crippen LogP contribution in [0.1, 0.15) is 7.43 Å². The summed E-state index contributed by atoms with van der Waals surface area (Å²) in [5.41, 5.74) is 1.73. The Labute approximate surface area is 70.7 Å². The van der Waals surface area contributed by atoms with Crippen LogP contribution in [0, 0.1) is 0 Å². The van der Waals surface area contributed by atoms with Crippen molar-refractivity contribution in [3.05, 3.63) is 24.3 Å². The van der Waals surface area contributed by atoms with Crippen molar-refractivity contribution in [1.29, 1.82) is 0 Å². The van der Waals surface area contributed by atoms with Crippen molar-refractivity contribution < 1.29 is 4.84 Å². The van der Waals surface area contributed by atoms with Crippen molar-refractivity contribution in [2.24, 2.45) is 0 Å². The average molecular weight is 165 g/mol. The number of para-hydroxylation sites is 1. The van der Waals surface area contributed by atoms with Gasteiger partial charge in [-0.05, 0) is 17.3 Å². The van der Waals surface area contributed by atoms with E-state index in [0.29, 0.717) is 0 Å². The fourth-order valence-electron chi connectivity index (χ4n) is 0.982. The van der Waals surface area contributed by atoms with Crippen LogP contribution >= 0.6 is 0 Å². The summed E-state index contributed by atoms with van der Waals surface area (Å²) in [6, 6.07) is 7.62. The molecular weight excluding hydrogens is 154 g/mol. The van der Waals surface area contributed by atoms with Crippen LogP contribution in [0.3, 0.4) is 0 Å². The number of fused-ring (bicyclic) bond motifs is 1. The Morgan fingerprint density at radius 2 is 2.08 bits per heavy atom. The van der Waals surface area contributed by atoms with E-state index in [9.17, 15) is 0 Å². The van der Waals surface area contributed by atoms with Crippen LogP contribution in [-0.4, -0.2) is 22.3 Å². The molecule has 0 bridgehead atoms. The summed E-state index contributed by atoms with van der Waals surface area (Å²) < 4.78 is 0. The molecule has 0 radical (unpaired) electrons. The van der Waals surface area contributed by atoms with Crippen molar-refractivity contribution in [2.75, 3.05) is 7.11 Å². The molecule has 0 amide bonds. The van der Waals surface area contributed by atoms with Crippen LogP contribution < -0.4 is 4.84 Å². The van der Waals surface area contributed by atoms with E-state index >= 15 is 0 Å². The molecule has 0 saturated heterocycles. The first-order valence-corrected chi connectivity index (χ1v) is 3.27. The molecule has 0 aliphatic carbocycles. The number of nitrogens with zero attached hydrogens (tertiary/aromatic N) is 3. The number of hydrogen-bond donors (Lipinski definition) is 0. The van der Waals surface area contributed by atoms with Crippen LogP contribution in [0.15, 0.2) is 24.3 Å². The van der Waals surface area contributed by atoms with Crippen molar-refractivity contribution in [2.45, 2.75) is 7.43 Å². The van der Waals surface area contributed by atoms with Gasteiger partial charge in [-0.3, -0.25) is 0 Å². The smallest absolute Gasteiger partial charge is 0.130 e. The second-order valence-electron chi connectivity index (χ2n) is 2.13. The molecular formula is C8H11N3O. The Hall–Kier alpha value is -1.58. The number of rotatable bonds is 1. The van der Waals surface area contributed by atoms with Crippen molar-refractivity contribution in [3.8, 4) is 0 Å². The molecule has 0 aliphatic rings. The van der Waals surface area contributed by atoms with Crippen LogP contribution in [0.2, 0.25) is 0 Å². The number of benzene rings is 1. The SMILES string of the molecule is C.COn1nnc2ccccc21. The van der Waals surface area contributed by atoms with E-state index in [1.807, 2.05) is 24.3 Å². The van der Waals surface area contributed by atoms with E-state index in [4.69, 9.17) is 4.84 Å². The summed E-state index contributed by atoms with van der Waals surface area (Å²) in [4.78, 5) is 6.29. The molecule has 2 rings (SSSR count). The van der Waals surface area contributed by atoms with Gasteiger partial charge in [-0.2, -0.15) is 0 Å². The summed E-state index contributed by atoms with van der Waals surface area (Å²) in [6.45, 7) is 0. The van der Waals surface area contributed by atoms with Gasteiger partial charge in [0.25, 0.3) is 0 Å². The standard InChI is InChI=1S/C7H7N3O.CH4/c1-11-10-7-5-3-2-4-6(7)8-9-10;/h2-5H,1H3;1H4. The minimum absolute atomic E-state index is 0. The lowest BCUT2D eigenvalue weighted by molar-refractivity contribution is 0.139. The van der Waals surface area contributed by atoms with Gasteiger partial charge in [0.05, 0.1) is 0 Å². The molecule has 0 unspecified atom stereocenters. The fraction of sp³-hybridized carbons (Fsp3) is 0.250. The van der Waals surface area contributed by atoms with Gasteiger partial charge in [0.1, 0.15) is 18.1 Å². The van der Waals surface area contributed by atoms with Gasteiger partial charge >= 0.3 is 0 Å². The van der Waals surface area contributed by atoms with Gasteiger partial charge in [0.15, 0.2) is 0 Å². The topological polar surface area (TPSA) is 39.9 Å². The van der Waals surface area contributed by atoms with E-state index in [1.54, 1.807) is 7.11 Å². The Morgan fingerprint density at radius 1 is 1.33 bits per heavy atom. The molecule has 1 aromatic carbocycles. The predicted molar refractivity (Wildman–Crippen MR) is 46.8 cm³/mol. The summed E-state index contributed by atoms with van der Waals surface area (Å²) in [6.07, 6.45) is 0. The zero-order valence-electron chi connectivity index (χ0n) is 6.06. The molecule has 2 aromatic rings. The highest BCUT2D eigenvalue weighted by Gasteiger charge is 2.00. The molecule has 64 valence electrons. The molecule has 0 saturated carbocycles. The summed E-state index contributed by atoms with van der Waals surface area (Å²) >= 11 is 0. The molecule has 4 nitrogen and oxygen atoms in total. The van der Waals surface area contributed by atoms with Gasteiger partial charge in [-0.1, -0.05) is 24.4 Å². The third-order valence-electron chi connectivity index (χ3n) is 1.49. The molecule has 0 aliphatic heterocycles. The molecule has 0 spiro atoms. The second kappa shape index (κ2) is 3.21. The third kappa shape index (κ3) is 1.11. The first-order chi connectivity index (χ1) is 5.42. The highest BCUT2D eigenvalue weighted by atomic mass is 16.7. The van der Waals surface area contributed by atoms with Crippen LogP contribution in [0.4, 0.5) is 0 Å². The zero-order valence-corrected chi connectivity index (χ0v) is 6.06. The van der Waals surface area contributed by atoms with E-state index < -0.39 is 0 Å². The maximum atomic E-state index is 4.91. The predicted octanol–water partition coefficient (Wildman–Crippen LogP) is 1.13. The molecule has 12 heavy (non-hydrogen) atoms. The Balaban J connectivity index is 0.000000720. The minimum atomic E-state index is 0. The maximum absolute atomic E-state index is 4.91. The molecule has 0 fully saturated rings. The van der Waals surface area contributed by atoms with Gasteiger partial charge in [-0.15, -0.1) is 5.10 Å². The van der Waals surface area contributed by atoms with Gasteiger partial charge < -0.3 is 4.84 Å². The number of aromatic nitrogens is 3. The normalized spacial score (nSPS) is 9.42. The first kappa shape index (κ1) is 8.52. The third-order valence-corrected chi connectivity index (χ3v) is 1.49. The Bertz CT molecular complexity index is 369. The van der Waals surface area contributed by atoms with Crippen molar-refractivity contribution >= 4 is 11.0 Å². The first-order valence-electron chi connectivity index (χ1n) is 3.27. The molecule has 4 heteroatoms. The maximum Gasteiger partial charge on any atom is 0.130 e. The summed E-state index contributed by atoms with van der Waals surface area (Å²) in [5.74, 6) is 0. The average Bonchev–Trinajstić information content (AvgIpc) is 2.47. The Kier molecular flexibility index (Phi) is 2.28. The lowest BCUT2D eigenvalue weighted by atomic mass is 10.3. The van der Waals surface area contributed by atoms with E-state index in [-0.39, 0.29) is 7.43 Å². The molecule has 1 aromatic heterocycles. The minimum Gasteiger partial charge on any atom is -0.398 e. The zero-order chi connectivity index (χ0) is 7.68. The van der Waals surface area contributed by atoms with Crippen LogP contribution in [0.25, 0.3) is 11.0 Å². The molecule has 0 atom stereocenters. The quantitative estimate of drug-likeness (QED) is 0.635. The summed E-state index contributed by atoms with van der Waals surface area (Å²) in [7, 11) is 1.56. The molecule has 0 N–H and O–H groups in total. The fourth-order valence-corrected chi connectivity index (χ4v) is 0.982. The van der Waals surface area contributed by atoms with Crippen LogP contribution in [-0.2, 0) is 0 Å². The number of hydrogen-bond acceptors (Lipinski definition) is 3.